The van der Waals surface area contributed by atoms with Crippen LogP contribution in [0.25, 0.3) is 0 Å². The molecular weight excluding hydrogens is 270 g/mol. The molecule has 2 rings (SSSR count). The standard InChI is InChI=1S/C16H21NO4/c1-3-21-13-6-7-14(10(2)8-13)17-15(18)11-4-5-12(9-11)16(19)20/h6-8,11-12H,3-5,9H2,1-2H3,(H,17,18)(H,19,20)/t11-,12+/m1/s1. The predicted molar refractivity (Wildman–Crippen MR) is 79.4 cm³/mol. The Kier molecular flexibility index (Phi) is 4.83. The summed E-state index contributed by atoms with van der Waals surface area (Å²) in [5.74, 6) is -0.715. The number of carbonyl (C=O) groups is 2. The Morgan fingerprint density at radius 3 is 2.62 bits per heavy atom. The summed E-state index contributed by atoms with van der Waals surface area (Å²) in [6, 6.07) is 5.52. The molecule has 1 saturated carbocycles. The van der Waals surface area contributed by atoms with Gasteiger partial charge in [-0.25, -0.2) is 0 Å². The summed E-state index contributed by atoms with van der Waals surface area (Å²) in [6.45, 7) is 4.43. The fourth-order valence-electron chi connectivity index (χ4n) is 2.71. The van der Waals surface area contributed by atoms with Gasteiger partial charge in [0.05, 0.1) is 12.5 Å². The van der Waals surface area contributed by atoms with E-state index in [4.69, 9.17) is 9.84 Å². The average molecular weight is 291 g/mol. The number of carbonyl (C=O) groups excluding carboxylic acids is 1. The van der Waals surface area contributed by atoms with Crippen molar-refractivity contribution in [2.45, 2.75) is 33.1 Å². The van der Waals surface area contributed by atoms with Crippen molar-refractivity contribution in [2.75, 3.05) is 11.9 Å². The molecule has 1 aromatic rings. The van der Waals surface area contributed by atoms with Crippen molar-refractivity contribution in [3.63, 3.8) is 0 Å². The Morgan fingerprint density at radius 2 is 2.05 bits per heavy atom. The summed E-state index contributed by atoms with van der Waals surface area (Å²) < 4.78 is 5.41. The van der Waals surface area contributed by atoms with E-state index in [0.29, 0.717) is 25.9 Å². The van der Waals surface area contributed by atoms with Crippen LogP contribution in [0.2, 0.25) is 0 Å². The molecule has 5 heteroatoms. The summed E-state index contributed by atoms with van der Waals surface area (Å²) >= 11 is 0. The molecule has 0 unspecified atom stereocenters. The van der Waals surface area contributed by atoms with E-state index >= 15 is 0 Å². The van der Waals surface area contributed by atoms with Crippen LogP contribution in [-0.4, -0.2) is 23.6 Å². The van der Waals surface area contributed by atoms with Gasteiger partial charge in [-0.05, 0) is 56.9 Å². The van der Waals surface area contributed by atoms with Crippen molar-refractivity contribution in [2.24, 2.45) is 11.8 Å². The lowest BCUT2D eigenvalue weighted by atomic mass is 10.0. The van der Waals surface area contributed by atoms with Crippen LogP contribution in [0, 0.1) is 18.8 Å². The van der Waals surface area contributed by atoms with E-state index in [-0.39, 0.29) is 17.7 Å². The lowest BCUT2D eigenvalue weighted by Gasteiger charge is -2.14. The van der Waals surface area contributed by atoms with Gasteiger partial charge >= 0.3 is 5.97 Å². The Labute approximate surface area is 124 Å². The first-order valence-electron chi connectivity index (χ1n) is 7.28. The Bertz CT molecular complexity index is 541. The second-order valence-electron chi connectivity index (χ2n) is 5.44. The molecule has 0 aromatic heterocycles. The van der Waals surface area contributed by atoms with Gasteiger partial charge in [-0.3, -0.25) is 9.59 Å². The van der Waals surface area contributed by atoms with Crippen LogP contribution in [0.3, 0.4) is 0 Å². The van der Waals surface area contributed by atoms with E-state index in [0.717, 1.165) is 17.0 Å². The quantitative estimate of drug-likeness (QED) is 0.874. The van der Waals surface area contributed by atoms with Gasteiger partial charge in [-0.15, -0.1) is 0 Å². The molecule has 1 aliphatic carbocycles. The summed E-state index contributed by atoms with van der Waals surface area (Å²) in [5, 5.41) is 11.9. The number of aryl methyl sites for hydroxylation is 1. The number of carboxylic acids is 1. The maximum Gasteiger partial charge on any atom is 0.306 e. The molecule has 1 aliphatic rings. The summed E-state index contributed by atoms with van der Waals surface area (Å²) in [4.78, 5) is 23.1. The normalized spacial score (nSPS) is 21.0. The Hall–Kier alpha value is -2.04. The molecule has 0 saturated heterocycles. The molecule has 1 fully saturated rings. The minimum absolute atomic E-state index is 0.0917. The molecule has 2 atom stereocenters. The fourth-order valence-corrected chi connectivity index (χ4v) is 2.71. The minimum Gasteiger partial charge on any atom is -0.494 e. The van der Waals surface area contributed by atoms with Gasteiger partial charge in [0.15, 0.2) is 0 Å². The van der Waals surface area contributed by atoms with Crippen molar-refractivity contribution < 1.29 is 19.4 Å². The molecule has 5 nitrogen and oxygen atoms in total. The van der Waals surface area contributed by atoms with Crippen molar-refractivity contribution in [1.29, 1.82) is 0 Å². The molecular formula is C16H21NO4. The van der Waals surface area contributed by atoms with E-state index in [1.807, 2.05) is 32.0 Å². The minimum atomic E-state index is -0.803. The van der Waals surface area contributed by atoms with Crippen LogP contribution in [0.1, 0.15) is 31.7 Å². The lowest BCUT2D eigenvalue weighted by molar-refractivity contribution is -0.141. The van der Waals surface area contributed by atoms with Crippen molar-refractivity contribution in [3.05, 3.63) is 23.8 Å². The highest BCUT2D eigenvalue weighted by Gasteiger charge is 2.33. The lowest BCUT2D eigenvalue weighted by Crippen LogP contribution is -2.22. The van der Waals surface area contributed by atoms with E-state index in [9.17, 15) is 9.59 Å². The van der Waals surface area contributed by atoms with E-state index in [2.05, 4.69) is 5.32 Å². The summed E-state index contributed by atoms with van der Waals surface area (Å²) in [7, 11) is 0. The molecule has 1 aromatic carbocycles. The maximum atomic E-state index is 12.2. The summed E-state index contributed by atoms with van der Waals surface area (Å²) in [6.07, 6.45) is 1.64. The highest BCUT2D eigenvalue weighted by atomic mass is 16.5. The van der Waals surface area contributed by atoms with Gasteiger partial charge in [0.2, 0.25) is 5.91 Å². The zero-order valence-electron chi connectivity index (χ0n) is 12.4. The highest BCUT2D eigenvalue weighted by Crippen LogP contribution is 2.32. The highest BCUT2D eigenvalue weighted by molar-refractivity contribution is 5.94. The number of hydrogen-bond acceptors (Lipinski definition) is 3. The topological polar surface area (TPSA) is 75.6 Å². The molecule has 21 heavy (non-hydrogen) atoms. The van der Waals surface area contributed by atoms with Crippen LogP contribution in [0.15, 0.2) is 18.2 Å². The average Bonchev–Trinajstić information content (AvgIpc) is 2.92. The second kappa shape index (κ2) is 6.61. The smallest absolute Gasteiger partial charge is 0.306 e. The van der Waals surface area contributed by atoms with E-state index < -0.39 is 5.97 Å². The zero-order chi connectivity index (χ0) is 15.4. The molecule has 0 bridgehead atoms. The third-order valence-electron chi connectivity index (χ3n) is 3.92. The van der Waals surface area contributed by atoms with Gasteiger partial charge in [0.1, 0.15) is 5.75 Å². The van der Waals surface area contributed by atoms with E-state index in [1.54, 1.807) is 0 Å². The number of amides is 1. The molecule has 0 spiro atoms. The molecule has 0 heterocycles. The van der Waals surface area contributed by atoms with Crippen molar-refractivity contribution in [3.8, 4) is 5.75 Å². The fraction of sp³-hybridized carbons (Fsp3) is 0.500. The number of rotatable bonds is 5. The monoisotopic (exact) mass is 291 g/mol. The number of nitrogens with one attached hydrogen (secondary N) is 1. The number of anilines is 1. The molecule has 114 valence electrons. The zero-order valence-corrected chi connectivity index (χ0v) is 12.4. The maximum absolute atomic E-state index is 12.2. The van der Waals surface area contributed by atoms with Crippen LogP contribution in [0.4, 0.5) is 5.69 Å². The van der Waals surface area contributed by atoms with Crippen LogP contribution < -0.4 is 10.1 Å². The number of benzene rings is 1. The summed E-state index contributed by atoms with van der Waals surface area (Å²) in [5.41, 5.74) is 1.68. The van der Waals surface area contributed by atoms with Gasteiger partial charge in [0.25, 0.3) is 0 Å². The Balaban J connectivity index is 1.98. The van der Waals surface area contributed by atoms with Gasteiger partial charge in [-0.1, -0.05) is 0 Å². The van der Waals surface area contributed by atoms with Crippen LogP contribution in [-0.2, 0) is 9.59 Å². The third kappa shape index (κ3) is 3.74. The number of hydrogen-bond donors (Lipinski definition) is 2. The number of aliphatic carboxylic acids is 1. The third-order valence-corrected chi connectivity index (χ3v) is 3.92. The molecule has 0 aliphatic heterocycles. The van der Waals surface area contributed by atoms with Crippen LogP contribution >= 0.6 is 0 Å². The molecule has 2 N–H and O–H groups in total. The molecule has 1 amide bonds. The first-order valence-corrected chi connectivity index (χ1v) is 7.28. The Morgan fingerprint density at radius 1 is 1.33 bits per heavy atom. The van der Waals surface area contributed by atoms with Crippen molar-refractivity contribution >= 4 is 17.6 Å². The molecule has 0 radical (unpaired) electrons. The van der Waals surface area contributed by atoms with Crippen molar-refractivity contribution in [1.82, 2.24) is 0 Å². The van der Waals surface area contributed by atoms with Gasteiger partial charge in [0, 0.05) is 11.6 Å². The van der Waals surface area contributed by atoms with Crippen LogP contribution in [0.5, 0.6) is 5.75 Å². The SMILES string of the molecule is CCOc1ccc(NC(=O)[C@@H]2CC[C@H](C(=O)O)C2)c(C)c1. The van der Waals surface area contributed by atoms with E-state index in [1.165, 1.54) is 0 Å². The first-order chi connectivity index (χ1) is 10.0. The number of ether oxygens (including phenoxy) is 1. The first kappa shape index (κ1) is 15.4. The largest absolute Gasteiger partial charge is 0.494 e. The van der Waals surface area contributed by atoms with Gasteiger partial charge in [-0.2, -0.15) is 0 Å². The van der Waals surface area contributed by atoms with Gasteiger partial charge < -0.3 is 15.2 Å². The second-order valence-corrected chi connectivity index (χ2v) is 5.44. The predicted octanol–water partition coefficient (Wildman–Crippen LogP) is 2.83. The number of carboxylic acid groups (broad SMARTS) is 1.